The Bertz CT molecular complexity index is 1150. The second kappa shape index (κ2) is 11.2. The first-order valence-electron chi connectivity index (χ1n) is 12.7. The summed E-state index contributed by atoms with van der Waals surface area (Å²) < 4.78 is 35.1. The molecule has 1 aromatic carbocycles. The molecule has 2 heterocycles. The Morgan fingerprint density at radius 3 is 2.56 bits per heavy atom. The van der Waals surface area contributed by atoms with E-state index in [1.807, 2.05) is 6.92 Å². The van der Waals surface area contributed by atoms with Crippen LogP contribution in [0.5, 0.6) is 5.75 Å². The lowest BCUT2D eigenvalue weighted by Crippen LogP contribution is -2.50. The molecule has 10 heteroatoms. The number of amides is 1. The van der Waals surface area contributed by atoms with Crippen molar-refractivity contribution in [3.63, 3.8) is 0 Å². The number of benzene rings is 1. The fourth-order valence-electron chi connectivity index (χ4n) is 5.09. The summed E-state index contributed by atoms with van der Waals surface area (Å²) in [5, 5.41) is 9.83. The molecule has 4 rings (SSSR count). The van der Waals surface area contributed by atoms with Gasteiger partial charge in [0.05, 0.1) is 13.2 Å². The molecule has 0 radical (unpaired) electrons. The number of sulfonamides is 1. The van der Waals surface area contributed by atoms with E-state index in [-0.39, 0.29) is 41.5 Å². The van der Waals surface area contributed by atoms with Crippen LogP contribution in [0.2, 0.25) is 0 Å². The summed E-state index contributed by atoms with van der Waals surface area (Å²) in [4.78, 5) is 23.1. The highest BCUT2D eigenvalue weighted by Gasteiger charge is 2.39. The number of ether oxygens (including phenoxy) is 1. The van der Waals surface area contributed by atoms with Crippen LogP contribution in [0.15, 0.2) is 41.8 Å². The van der Waals surface area contributed by atoms with Gasteiger partial charge in [-0.2, -0.15) is 4.31 Å². The molecule has 1 aliphatic carbocycles. The van der Waals surface area contributed by atoms with Crippen molar-refractivity contribution in [1.29, 1.82) is 0 Å². The summed E-state index contributed by atoms with van der Waals surface area (Å²) in [5.74, 6) is 0.154. The molecule has 0 bridgehead atoms. The summed E-state index contributed by atoms with van der Waals surface area (Å²) in [7, 11) is -2.13. The van der Waals surface area contributed by atoms with Crippen molar-refractivity contribution in [2.75, 3.05) is 26.7 Å². The van der Waals surface area contributed by atoms with E-state index in [0.717, 1.165) is 36.8 Å². The van der Waals surface area contributed by atoms with E-state index in [1.165, 1.54) is 23.1 Å². The number of aliphatic hydroxyl groups is 1. The van der Waals surface area contributed by atoms with Crippen LogP contribution in [0.25, 0.3) is 11.1 Å². The first-order chi connectivity index (χ1) is 17.2. The smallest absolute Gasteiger partial charge is 0.247 e. The highest BCUT2D eigenvalue weighted by Crippen LogP contribution is 2.36. The topological polar surface area (TPSA) is 113 Å². The van der Waals surface area contributed by atoms with Crippen LogP contribution in [0, 0.1) is 11.8 Å². The van der Waals surface area contributed by atoms with Crippen molar-refractivity contribution in [2.24, 2.45) is 11.8 Å². The molecule has 1 aliphatic heterocycles. The number of hydrogen-bond donors (Lipinski definition) is 1. The van der Waals surface area contributed by atoms with Gasteiger partial charge in [-0.1, -0.05) is 32.3 Å². The van der Waals surface area contributed by atoms with E-state index in [4.69, 9.17) is 4.74 Å². The molecule has 1 N–H and O–H groups in total. The van der Waals surface area contributed by atoms with Gasteiger partial charge in [0.15, 0.2) is 0 Å². The third-order valence-electron chi connectivity index (χ3n) is 7.35. The number of carbonyl (C=O) groups is 1. The second-order valence-electron chi connectivity index (χ2n) is 10.1. The van der Waals surface area contributed by atoms with E-state index in [2.05, 4.69) is 9.97 Å². The van der Waals surface area contributed by atoms with E-state index in [9.17, 15) is 18.3 Å². The van der Waals surface area contributed by atoms with Gasteiger partial charge in [0.25, 0.3) is 0 Å². The molecule has 0 unspecified atom stereocenters. The fourth-order valence-corrected chi connectivity index (χ4v) is 6.92. The maximum absolute atomic E-state index is 13.7. The third kappa shape index (κ3) is 5.55. The molecule has 1 fully saturated rings. The SMILES string of the molecule is C[C@H](CO)N1C[C@H](C)[C@H](CN(C)C(=O)C2CCCCC2)Oc2cc(-c3cncnc3)ccc2S1(=O)=O. The second-order valence-corrected chi connectivity index (χ2v) is 11.9. The molecule has 2 aromatic rings. The van der Waals surface area contributed by atoms with Gasteiger partial charge < -0.3 is 14.7 Å². The highest BCUT2D eigenvalue weighted by molar-refractivity contribution is 7.89. The van der Waals surface area contributed by atoms with E-state index in [0.29, 0.717) is 6.54 Å². The highest BCUT2D eigenvalue weighted by atomic mass is 32.2. The van der Waals surface area contributed by atoms with Crippen LogP contribution < -0.4 is 4.74 Å². The number of likely N-dealkylation sites (N-methyl/N-ethyl adjacent to an activating group) is 1. The largest absolute Gasteiger partial charge is 0.487 e. The number of carbonyl (C=O) groups excluding carboxylic acids is 1. The number of fused-ring (bicyclic) bond motifs is 1. The Hall–Kier alpha value is -2.56. The zero-order chi connectivity index (χ0) is 25.9. The van der Waals surface area contributed by atoms with Crippen LogP contribution in [0.3, 0.4) is 0 Å². The molecule has 196 valence electrons. The quantitative estimate of drug-likeness (QED) is 0.628. The Morgan fingerprint density at radius 1 is 1.19 bits per heavy atom. The van der Waals surface area contributed by atoms with Crippen molar-refractivity contribution in [3.05, 3.63) is 36.9 Å². The van der Waals surface area contributed by atoms with Crippen molar-refractivity contribution < 1.29 is 23.1 Å². The van der Waals surface area contributed by atoms with Crippen molar-refractivity contribution in [2.45, 2.75) is 63.0 Å². The summed E-state index contributed by atoms with van der Waals surface area (Å²) in [6.07, 6.45) is 9.46. The summed E-state index contributed by atoms with van der Waals surface area (Å²) in [6.45, 7) is 3.84. The number of aliphatic hydroxyl groups excluding tert-OH is 1. The molecule has 3 atom stereocenters. The number of nitrogens with zero attached hydrogens (tertiary/aromatic N) is 4. The summed E-state index contributed by atoms with van der Waals surface area (Å²) in [6, 6.07) is 4.34. The van der Waals surface area contributed by atoms with Gasteiger partial charge in [-0.25, -0.2) is 18.4 Å². The van der Waals surface area contributed by atoms with Gasteiger partial charge in [-0.05, 0) is 37.5 Å². The molecular formula is C26H36N4O5S. The molecule has 0 spiro atoms. The number of aromatic nitrogens is 2. The maximum atomic E-state index is 13.7. The van der Waals surface area contributed by atoms with E-state index in [1.54, 1.807) is 43.4 Å². The average Bonchev–Trinajstić information content (AvgIpc) is 2.90. The van der Waals surface area contributed by atoms with Crippen molar-refractivity contribution >= 4 is 15.9 Å². The van der Waals surface area contributed by atoms with Gasteiger partial charge in [-0.3, -0.25) is 4.79 Å². The van der Waals surface area contributed by atoms with Crippen molar-refractivity contribution in [3.8, 4) is 16.9 Å². The van der Waals surface area contributed by atoms with Crippen LogP contribution in [-0.4, -0.2) is 77.5 Å². The predicted molar refractivity (Wildman–Crippen MR) is 136 cm³/mol. The lowest BCUT2D eigenvalue weighted by atomic mass is 9.88. The Balaban J connectivity index is 1.70. The van der Waals surface area contributed by atoms with E-state index < -0.39 is 22.2 Å². The summed E-state index contributed by atoms with van der Waals surface area (Å²) in [5.41, 5.74) is 1.46. The van der Waals surface area contributed by atoms with Gasteiger partial charge in [0, 0.05) is 49.4 Å². The van der Waals surface area contributed by atoms with Gasteiger partial charge >= 0.3 is 0 Å². The molecule has 36 heavy (non-hydrogen) atoms. The van der Waals surface area contributed by atoms with Gasteiger partial charge in [0.1, 0.15) is 23.1 Å². The molecule has 1 aromatic heterocycles. The summed E-state index contributed by atoms with van der Waals surface area (Å²) >= 11 is 0. The standard InChI is InChI=1S/C26H36N4O5S/c1-18-14-30(19(2)16-31)36(33,34)25-10-9-21(22-12-27-17-28-13-22)11-23(25)35-24(18)15-29(3)26(32)20-7-5-4-6-8-20/h9-13,17-20,24,31H,4-8,14-16H2,1-3H3/t18-,19+,24-/m0/s1. The van der Waals surface area contributed by atoms with E-state index >= 15 is 0 Å². The molecule has 9 nitrogen and oxygen atoms in total. The minimum atomic E-state index is -3.93. The Morgan fingerprint density at radius 2 is 1.89 bits per heavy atom. The zero-order valence-electron chi connectivity index (χ0n) is 21.2. The van der Waals surface area contributed by atoms with Gasteiger partial charge in [-0.15, -0.1) is 0 Å². The Kier molecular flexibility index (Phi) is 8.27. The fraction of sp³-hybridized carbons (Fsp3) is 0.577. The first kappa shape index (κ1) is 26.5. The maximum Gasteiger partial charge on any atom is 0.247 e. The molecule has 0 saturated heterocycles. The minimum Gasteiger partial charge on any atom is -0.487 e. The lowest BCUT2D eigenvalue weighted by molar-refractivity contribution is -0.136. The molecule has 1 saturated carbocycles. The predicted octanol–water partition coefficient (Wildman–Crippen LogP) is 2.95. The van der Waals surface area contributed by atoms with Crippen LogP contribution in [0.1, 0.15) is 46.0 Å². The van der Waals surface area contributed by atoms with Crippen LogP contribution in [0.4, 0.5) is 0 Å². The molecule has 2 aliphatic rings. The monoisotopic (exact) mass is 516 g/mol. The third-order valence-corrected chi connectivity index (χ3v) is 9.36. The normalized spacial score (nSPS) is 23.6. The van der Waals surface area contributed by atoms with Crippen LogP contribution in [-0.2, 0) is 14.8 Å². The zero-order valence-corrected chi connectivity index (χ0v) is 22.0. The van der Waals surface area contributed by atoms with Crippen LogP contribution >= 0.6 is 0 Å². The molecular weight excluding hydrogens is 480 g/mol. The van der Waals surface area contributed by atoms with Gasteiger partial charge in [0.2, 0.25) is 15.9 Å². The number of rotatable bonds is 6. The lowest BCUT2D eigenvalue weighted by Gasteiger charge is -2.38. The molecule has 1 amide bonds. The number of hydrogen-bond acceptors (Lipinski definition) is 7. The first-order valence-corrected chi connectivity index (χ1v) is 14.1. The average molecular weight is 517 g/mol. The minimum absolute atomic E-state index is 0.0378. The Labute approximate surface area is 213 Å². The van der Waals surface area contributed by atoms with Crippen molar-refractivity contribution in [1.82, 2.24) is 19.2 Å².